The van der Waals surface area contributed by atoms with Gasteiger partial charge in [-0.3, -0.25) is 4.79 Å². The fourth-order valence-electron chi connectivity index (χ4n) is 3.65. The highest BCUT2D eigenvalue weighted by Gasteiger charge is 2.14. The van der Waals surface area contributed by atoms with Crippen LogP contribution in [0.3, 0.4) is 0 Å². The van der Waals surface area contributed by atoms with Crippen LogP contribution in [0.5, 0.6) is 0 Å². The fourth-order valence-corrected chi connectivity index (χ4v) is 3.65. The van der Waals surface area contributed by atoms with Gasteiger partial charge >= 0.3 is 0 Å². The molecule has 0 atom stereocenters. The van der Waals surface area contributed by atoms with Gasteiger partial charge in [-0.05, 0) is 43.4 Å². The van der Waals surface area contributed by atoms with E-state index in [1.165, 1.54) is 69.8 Å². The van der Waals surface area contributed by atoms with Gasteiger partial charge in [-0.1, -0.05) is 97.1 Å². The molecule has 2 nitrogen and oxygen atoms in total. The van der Waals surface area contributed by atoms with Crippen molar-refractivity contribution in [2.75, 3.05) is 13.1 Å². The molecule has 0 fully saturated rings. The summed E-state index contributed by atoms with van der Waals surface area (Å²) in [4.78, 5) is 15.1. The lowest BCUT2D eigenvalue weighted by Crippen LogP contribution is -2.33. The van der Waals surface area contributed by atoms with E-state index in [1.54, 1.807) is 0 Å². The minimum Gasteiger partial charge on any atom is -0.339 e. The third-order valence-electron chi connectivity index (χ3n) is 5.62. The van der Waals surface area contributed by atoms with Gasteiger partial charge in [0.15, 0.2) is 0 Å². The minimum atomic E-state index is 0.218. The number of benzene rings is 1. The molecule has 1 rings (SSSR count). The molecule has 0 heterocycles. The van der Waals surface area contributed by atoms with E-state index in [4.69, 9.17) is 0 Å². The second kappa shape index (κ2) is 16.6. The van der Waals surface area contributed by atoms with E-state index in [2.05, 4.69) is 37.8 Å². The second-order valence-corrected chi connectivity index (χ2v) is 8.27. The third kappa shape index (κ3) is 10.9. The van der Waals surface area contributed by atoms with Crippen LogP contribution in [-0.2, 0) is 6.42 Å². The molecule has 1 amide bonds. The molecule has 0 saturated carbocycles. The van der Waals surface area contributed by atoms with E-state index < -0.39 is 0 Å². The number of hydrogen-bond donors (Lipinski definition) is 0. The molecule has 0 aliphatic carbocycles. The van der Waals surface area contributed by atoms with Crippen LogP contribution >= 0.6 is 0 Å². The maximum atomic E-state index is 13.0. The summed E-state index contributed by atoms with van der Waals surface area (Å²) in [6, 6.07) is 8.34. The summed E-state index contributed by atoms with van der Waals surface area (Å²) in [7, 11) is 0. The molecule has 0 aliphatic heterocycles. The Labute approximate surface area is 175 Å². The predicted octanol–water partition coefficient (Wildman–Crippen LogP) is 7.80. The number of carbonyl (C=O) groups excluding carboxylic acids is 1. The van der Waals surface area contributed by atoms with Crippen molar-refractivity contribution in [3.63, 3.8) is 0 Å². The van der Waals surface area contributed by atoms with Crippen molar-refractivity contribution in [2.24, 2.45) is 0 Å². The minimum absolute atomic E-state index is 0.218. The number of rotatable bonds is 17. The molecule has 0 bridgehead atoms. The second-order valence-electron chi connectivity index (χ2n) is 8.27. The molecule has 0 unspecified atom stereocenters. The molecule has 1 aromatic rings. The number of hydrogen-bond acceptors (Lipinski definition) is 1. The van der Waals surface area contributed by atoms with Crippen LogP contribution in [0.15, 0.2) is 24.3 Å². The van der Waals surface area contributed by atoms with Crippen LogP contribution in [0.4, 0.5) is 0 Å². The van der Waals surface area contributed by atoms with Gasteiger partial charge in [0, 0.05) is 18.7 Å². The maximum Gasteiger partial charge on any atom is 0.253 e. The maximum absolute atomic E-state index is 13.0. The van der Waals surface area contributed by atoms with Crippen molar-refractivity contribution in [1.82, 2.24) is 4.90 Å². The highest BCUT2D eigenvalue weighted by molar-refractivity contribution is 5.94. The Kier molecular flexibility index (Phi) is 14.7. The topological polar surface area (TPSA) is 20.3 Å². The van der Waals surface area contributed by atoms with E-state index in [0.29, 0.717) is 0 Å². The molecule has 0 spiro atoms. The standard InChI is InChI=1S/C26H45NO/c1-4-7-10-11-12-13-14-15-16-23-27(22-9-6-3)26(28)25-20-18-24(19-21-25)17-8-5-2/h18-21H,4-17,22-23H2,1-3H3. The number of amides is 1. The van der Waals surface area contributed by atoms with Crippen LogP contribution in [0.25, 0.3) is 0 Å². The summed E-state index contributed by atoms with van der Waals surface area (Å²) in [6.07, 6.45) is 17.7. The first-order valence-corrected chi connectivity index (χ1v) is 12.1. The summed E-state index contributed by atoms with van der Waals surface area (Å²) in [6.45, 7) is 8.49. The Bertz CT molecular complexity index is 494. The first-order chi connectivity index (χ1) is 13.7. The first-order valence-electron chi connectivity index (χ1n) is 12.1. The van der Waals surface area contributed by atoms with Crippen molar-refractivity contribution in [1.29, 1.82) is 0 Å². The summed E-state index contributed by atoms with van der Waals surface area (Å²) in [5, 5.41) is 0. The van der Waals surface area contributed by atoms with Gasteiger partial charge in [0.25, 0.3) is 5.91 Å². The van der Waals surface area contributed by atoms with E-state index in [0.717, 1.165) is 44.3 Å². The van der Waals surface area contributed by atoms with Crippen molar-refractivity contribution < 1.29 is 4.79 Å². The lowest BCUT2D eigenvalue weighted by Gasteiger charge is -2.23. The highest BCUT2D eigenvalue weighted by Crippen LogP contribution is 2.13. The van der Waals surface area contributed by atoms with Gasteiger partial charge < -0.3 is 4.90 Å². The van der Waals surface area contributed by atoms with Crippen molar-refractivity contribution >= 4 is 5.91 Å². The molecule has 0 aromatic heterocycles. The highest BCUT2D eigenvalue weighted by atomic mass is 16.2. The van der Waals surface area contributed by atoms with E-state index in [-0.39, 0.29) is 5.91 Å². The van der Waals surface area contributed by atoms with Gasteiger partial charge in [-0.25, -0.2) is 0 Å². The number of unbranched alkanes of at least 4 members (excludes halogenated alkanes) is 10. The molecule has 0 radical (unpaired) electrons. The van der Waals surface area contributed by atoms with Crippen LogP contribution < -0.4 is 0 Å². The molecule has 160 valence electrons. The molecule has 2 heteroatoms. The van der Waals surface area contributed by atoms with Crippen LogP contribution in [-0.4, -0.2) is 23.9 Å². The Balaban J connectivity index is 2.38. The average Bonchev–Trinajstić information content (AvgIpc) is 2.73. The van der Waals surface area contributed by atoms with Crippen LogP contribution in [0.2, 0.25) is 0 Å². The van der Waals surface area contributed by atoms with Crippen LogP contribution in [0, 0.1) is 0 Å². The van der Waals surface area contributed by atoms with E-state index >= 15 is 0 Å². The quantitative estimate of drug-likeness (QED) is 0.250. The van der Waals surface area contributed by atoms with E-state index in [1.807, 2.05) is 12.1 Å². The number of carbonyl (C=O) groups is 1. The summed E-state index contributed by atoms with van der Waals surface area (Å²) in [5.41, 5.74) is 2.20. The molecule has 0 saturated heterocycles. The smallest absolute Gasteiger partial charge is 0.253 e. The largest absolute Gasteiger partial charge is 0.339 e. The zero-order valence-corrected chi connectivity index (χ0v) is 19.0. The summed E-state index contributed by atoms with van der Waals surface area (Å²) < 4.78 is 0. The zero-order chi connectivity index (χ0) is 20.5. The van der Waals surface area contributed by atoms with Crippen molar-refractivity contribution in [2.45, 2.75) is 111 Å². The lowest BCUT2D eigenvalue weighted by molar-refractivity contribution is 0.0750. The Morgan fingerprint density at radius 3 is 1.71 bits per heavy atom. The van der Waals surface area contributed by atoms with Crippen LogP contribution in [0.1, 0.15) is 120 Å². The monoisotopic (exact) mass is 387 g/mol. The summed E-state index contributed by atoms with van der Waals surface area (Å²) in [5.74, 6) is 0.218. The molecule has 1 aromatic carbocycles. The third-order valence-corrected chi connectivity index (χ3v) is 5.62. The van der Waals surface area contributed by atoms with Crippen molar-refractivity contribution in [3.05, 3.63) is 35.4 Å². The van der Waals surface area contributed by atoms with Gasteiger partial charge in [0.2, 0.25) is 0 Å². The van der Waals surface area contributed by atoms with E-state index in [9.17, 15) is 4.79 Å². The Morgan fingerprint density at radius 2 is 1.14 bits per heavy atom. The number of nitrogens with zero attached hydrogens (tertiary/aromatic N) is 1. The first kappa shape index (κ1) is 24.7. The van der Waals surface area contributed by atoms with Gasteiger partial charge in [0.1, 0.15) is 0 Å². The predicted molar refractivity (Wildman–Crippen MR) is 123 cm³/mol. The van der Waals surface area contributed by atoms with Gasteiger partial charge in [0.05, 0.1) is 0 Å². The molecule has 28 heavy (non-hydrogen) atoms. The van der Waals surface area contributed by atoms with Gasteiger partial charge in [-0.2, -0.15) is 0 Å². The molecular weight excluding hydrogens is 342 g/mol. The number of aryl methyl sites for hydroxylation is 1. The fraction of sp³-hybridized carbons (Fsp3) is 0.731. The van der Waals surface area contributed by atoms with Crippen molar-refractivity contribution in [3.8, 4) is 0 Å². The average molecular weight is 388 g/mol. The molecule has 0 aliphatic rings. The normalized spacial score (nSPS) is 11.0. The molecular formula is C26H45NO. The van der Waals surface area contributed by atoms with Gasteiger partial charge in [-0.15, -0.1) is 0 Å². The Morgan fingerprint density at radius 1 is 0.643 bits per heavy atom. The zero-order valence-electron chi connectivity index (χ0n) is 19.0. The molecule has 0 N–H and O–H groups in total. The SMILES string of the molecule is CCCCCCCCCCCN(CCCC)C(=O)c1ccc(CCCC)cc1. The Hall–Kier alpha value is -1.31. The summed E-state index contributed by atoms with van der Waals surface area (Å²) >= 11 is 0. The lowest BCUT2D eigenvalue weighted by atomic mass is 10.1.